The smallest absolute Gasteiger partial charge is 0.263 e. The van der Waals surface area contributed by atoms with Crippen LogP contribution in [-0.2, 0) is 14.8 Å². The highest BCUT2D eigenvalue weighted by Gasteiger charge is 2.21. The molecule has 0 saturated heterocycles. The Morgan fingerprint density at radius 2 is 1.49 bits per heavy atom. The van der Waals surface area contributed by atoms with Gasteiger partial charge in [-0.25, -0.2) is 8.42 Å². The summed E-state index contributed by atoms with van der Waals surface area (Å²) in [5, 5.41) is 5.35. The Bertz CT molecular complexity index is 1650. The molecule has 9 nitrogen and oxygen atoms in total. The first-order valence-electron chi connectivity index (χ1n) is 12.3. The molecule has 4 aromatic rings. The minimum atomic E-state index is -4.09. The van der Waals surface area contributed by atoms with Gasteiger partial charge in [-0.1, -0.05) is 39.7 Å². The third kappa shape index (κ3) is 8.23. The lowest BCUT2D eigenvalue weighted by atomic mass is 10.2. The zero-order valence-corrected chi connectivity index (χ0v) is 24.8. The van der Waals surface area contributed by atoms with E-state index < -0.39 is 21.8 Å². The summed E-state index contributed by atoms with van der Waals surface area (Å²) in [4.78, 5) is 25.2. The quantitative estimate of drug-likeness (QED) is 0.168. The molecule has 0 fully saturated rings. The third-order valence-corrected chi connectivity index (χ3v) is 7.91. The number of ether oxygens (including phenoxy) is 2. The predicted molar refractivity (Wildman–Crippen MR) is 163 cm³/mol. The number of anilines is 3. The van der Waals surface area contributed by atoms with Crippen LogP contribution in [0.15, 0.2) is 100 Å². The van der Waals surface area contributed by atoms with Crippen molar-refractivity contribution in [3.8, 4) is 11.5 Å². The van der Waals surface area contributed by atoms with Gasteiger partial charge >= 0.3 is 0 Å². The van der Waals surface area contributed by atoms with Crippen LogP contribution >= 0.6 is 27.5 Å². The van der Waals surface area contributed by atoms with Crippen molar-refractivity contribution in [2.24, 2.45) is 0 Å². The van der Waals surface area contributed by atoms with Crippen LogP contribution in [0.3, 0.4) is 0 Å². The Balaban J connectivity index is 1.44. The van der Waals surface area contributed by atoms with E-state index in [-0.39, 0.29) is 33.5 Å². The van der Waals surface area contributed by atoms with E-state index in [4.69, 9.17) is 21.1 Å². The van der Waals surface area contributed by atoms with Crippen molar-refractivity contribution in [2.75, 3.05) is 28.6 Å². The SMILES string of the molecule is CCOc1ccc(NS(=O)(=O)c2cc(NC(=O)c3ccccc3OCC(=O)Nc3ccc(Br)cc3)ccc2Cl)cc1. The number of halogens is 2. The molecular formula is C29H25BrClN3O6S. The molecule has 3 N–H and O–H groups in total. The fourth-order valence-corrected chi connectivity index (χ4v) is 5.48. The van der Waals surface area contributed by atoms with Crippen LogP contribution in [0.1, 0.15) is 17.3 Å². The van der Waals surface area contributed by atoms with Crippen molar-refractivity contribution in [1.82, 2.24) is 0 Å². The molecule has 12 heteroatoms. The van der Waals surface area contributed by atoms with E-state index in [9.17, 15) is 18.0 Å². The molecule has 212 valence electrons. The Hall–Kier alpha value is -4.06. The van der Waals surface area contributed by atoms with Crippen molar-refractivity contribution < 1.29 is 27.5 Å². The van der Waals surface area contributed by atoms with Crippen molar-refractivity contribution in [3.63, 3.8) is 0 Å². The molecule has 0 spiro atoms. The Kier molecular flexibility index (Phi) is 9.87. The molecule has 0 unspecified atom stereocenters. The number of carbonyl (C=O) groups is 2. The molecule has 0 saturated carbocycles. The van der Waals surface area contributed by atoms with Crippen LogP contribution in [0, 0.1) is 0 Å². The Labute approximate surface area is 251 Å². The van der Waals surface area contributed by atoms with Crippen molar-refractivity contribution in [2.45, 2.75) is 11.8 Å². The lowest BCUT2D eigenvalue weighted by Gasteiger charge is -2.14. The second-order valence-corrected chi connectivity index (χ2v) is 11.5. The molecular weight excluding hydrogens is 634 g/mol. The summed E-state index contributed by atoms with van der Waals surface area (Å²) in [6.07, 6.45) is 0. The maximum Gasteiger partial charge on any atom is 0.263 e. The molecule has 0 heterocycles. The second kappa shape index (κ2) is 13.5. The molecule has 0 aromatic heterocycles. The zero-order valence-electron chi connectivity index (χ0n) is 21.7. The molecule has 0 atom stereocenters. The first-order valence-corrected chi connectivity index (χ1v) is 14.9. The molecule has 2 amide bonds. The highest BCUT2D eigenvalue weighted by molar-refractivity contribution is 9.10. The lowest BCUT2D eigenvalue weighted by Crippen LogP contribution is -2.21. The van der Waals surface area contributed by atoms with Gasteiger partial charge in [-0.15, -0.1) is 0 Å². The predicted octanol–water partition coefficient (Wildman–Crippen LogP) is 6.57. The Morgan fingerprint density at radius 3 is 2.20 bits per heavy atom. The average molecular weight is 659 g/mol. The molecule has 0 radical (unpaired) electrons. The van der Waals surface area contributed by atoms with Gasteiger partial charge in [0.2, 0.25) is 0 Å². The highest BCUT2D eigenvalue weighted by Crippen LogP contribution is 2.28. The number of rotatable bonds is 11. The number of amides is 2. The first kappa shape index (κ1) is 29.9. The van der Waals surface area contributed by atoms with Gasteiger partial charge in [0.1, 0.15) is 16.4 Å². The number of benzene rings is 4. The lowest BCUT2D eigenvalue weighted by molar-refractivity contribution is -0.118. The highest BCUT2D eigenvalue weighted by atomic mass is 79.9. The van der Waals surface area contributed by atoms with Gasteiger partial charge < -0.3 is 20.1 Å². The number of hydrogen-bond donors (Lipinski definition) is 3. The van der Waals surface area contributed by atoms with Crippen LogP contribution < -0.4 is 24.8 Å². The number of para-hydroxylation sites is 1. The molecule has 0 aliphatic heterocycles. The molecule has 4 rings (SSSR count). The van der Waals surface area contributed by atoms with Gasteiger partial charge in [0.25, 0.3) is 21.8 Å². The van der Waals surface area contributed by atoms with Crippen LogP contribution in [0.4, 0.5) is 17.1 Å². The molecule has 0 aliphatic carbocycles. The van der Waals surface area contributed by atoms with Gasteiger partial charge in [0, 0.05) is 21.5 Å². The fraction of sp³-hybridized carbons (Fsp3) is 0.103. The van der Waals surface area contributed by atoms with Gasteiger partial charge in [0.05, 0.1) is 17.2 Å². The van der Waals surface area contributed by atoms with Crippen molar-refractivity contribution in [3.05, 3.63) is 106 Å². The summed E-state index contributed by atoms with van der Waals surface area (Å²) in [5.74, 6) is -0.197. The number of sulfonamides is 1. The number of hydrogen-bond acceptors (Lipinski definition) is 6. The maximum absolute atomic E-state index is 13.1. The van der Waals surface area contributed by atoms with E-state index in [0.717, 1.165) is 4.47 Å². The summed E-state index contributed by atoms with van der Waals surface area (Å²) in [7, 11) is -4.09. The third-order valence-electron chi connectivity index (χ3n) is 5.51. The van der Waals surface area contributed by atoms with E-state index in [0.29, 0.717) is 23.7 Å². The summed E-state index contributed by atoms with van der Waals surface area (Å²) in [6.45, 7) is 2.00. The van der Waals surface area contributed by atoms with Crippen molar-refractivity contribution >= 4 is 66.4 Å². The maximum atomic E-state index is 13.1. The topological polar surface area (TPSA) is 123 Å². The minimum Gasteiger partial charge on any atom is -0.494 e. The average Bonchev–Trinajstić information content (AvgIpc) is 2.95. The fourth-order valence-electron chi connectivity index (χ4n) is 3.64. The van der Waals surface area contributed by atoms with Gasteiger partial charge in [0.15, 0.2) is 6.61 Å². The first-order chi connectivity index (χ1) is 19.6. The summed E-state index contributed by atoms with van der Waals surface area (Å²) >= 11 is 9.55. The van der Waals surface area contributed by atoms with Crippen LogP contribution in [0.25, 0.3) is 0 Å². The Morgan fingerprint density at radius 1 is 0.829 bits per heavy atom. The number of carbonyl (C=O) groups excluding carboxylic acids is 2. The summed E-state index contributed by atoms with van der Waals surface area (Å²) < 4.78 is 40.5. The largest absolute Gasteiger partial charge is 0.494 e. The minimum absolute atomic E-state index is 0.0260. The molecule has 41 heavy (non-hydrogen) atoms. The van der Waals surface area contributed by atoms with Crippen LogP contribution in [0.2, 0.25) is 5.02 Å². The molecule has 0 bridgehead atoms. The second-order valence-electron chi connectivity index (χ2n) is 8.50. The van der Waals surface area contributed by atoms with Crippen LogP contribution in [-0.4, -0.2) is 33.4 Å². The monoisotopic (exact) mass is 657 g/mol. The molecule has 0 aliphatic rings. The van der Waals surface area contributed by atoms with Gasteiger partial charge in [-0.3, -0.25) is 14.3 Å². The summed E-state index contributed by atoms with van der Waals surface area (Å²) in [5.41, 5.74) is 1.25. The van der Waals surface area contributed by atoms with E-state index >= 15 is 0 Å². The van der Waals surface area contributed by atoms with E-state index in [1.807, 2.05) is 6.92 Å². The summed E-state index contributed by atoms with van der Waals surface area (Å²) in [6, 6.07) is 24.0. The zero-order chi connectivity index (χ0) is 29.4. The standard InChI is InChI=1S/C29H25BrClN3O6S/c1-2-39-23-14-11-21(12-15-23)34-41(37,38)27-17-22(13-16-25(27)31)33-29(36)24-5-3-4-6-26(24)40-18-28(35)32-20-9-7-19(30)8-10-20/h3-17,34H,2,18H2,1H3,(H,32,35)(H,33,36). The molecule has 4 aromatic carbocycles. The van der Waals surface area contributed by atoms with Gasteiger partial charge in [-0.05, 0) is 85.8 Å². The number of nitrogens with one attached hydrogen (secondary N) is 3. The van der Waals surface area contributed by atoms with E-state index in [1.165, 1.54) is 24.3 Å². The van der Waals surface area contributed by atoms with E-state index in [1.54, 1.807) is 66.7 Å². The van der Waals surface area contributed by atoms with Crippen molar-refractivity contribution in [1.29, 1.82) is 0 Å². The van der Waals surface area contributed by atoms with Crippen LogP contribution in [0.5, 0.6) is 11.5 Å². The van der Waals surface area contributed by atoms with E-state index in [2.05, 4.69) is 31.3 Å². The normalized spacial score (nSPS) is 10.9. The van der Waals surface area contributed by atoms with Gasteiger partial charge in [-0.2, -0.15) is 0 Å².